The summed E-state index contributed by atoms with van der Waals surface area (Å²) in [6.07, 6.45) is 1.99. The van der Waals surface area contributed by atoms with Crippen molar-refractivity contribution in [3.05, 3.63) is 0 Å². The molecule has 0 aromatic heterocycles. The van der Waals surface area contributed by atoms with Crippen molar-refractivity contribution < 1.29 is 9.84 Å². The number of hydrogen-bond acceptors (Lipinski definition) is 4. The first-order valence-electron chi connectivity index (χ1n) is 6.84. The van der Waals surface area contributed by atoms with Crippen LogP contribution in [-0.2, 0) is 4.74 Å². The van der Waals surface area contributed by atoms with Gasteiger partial charge in [0.25, 0.3) is 0 Å². The van der Waals surface area contributed by atoms with Gasteiger partial charge in [0.15, 0.2) is 0 Å². The number of aliphatic hydroxyl groups is 1. The molecule has 2 atom stereocenters. The molecule has 2 aliphatic heterocycles. The molecule has 1 N–H and O–H groups in total. The molecule has 4 nitrogen and oxygen atoms in total. The summed E-state index contributed by atoms with van der Waals surface area (Å²) < 4.78 is 5.82. The normalized spacial score (nSPS) is 31.8. The van der Waals surface area contributed by atoms with Crippen molar-refractivity contribution in [2.75, 3.05) is 39.8 Å². The Balaban J connectivity index is 1.93. The molecule has 4 heteroatoms. The fourth-order valence-electron chi connectivity index (χ4n) is 2.95. The van der Waals surface area contributed by atoms with Crippen LogP contribution in [0.3, 0.4) is 0 Å². The Hall–Kier alpha value is -0.160. The molecule has 2 rings (SSSR count). The Morgan fingerprint density at radius 3 is 2.59 bits per heavy atom. The average Bonchev–Trinajstić information content (AvgIpc) is 2.73. The van der Waals surface area contributed by atoms with Crippen molar-refractivity contribution in [3.8, 4) is 0 Å². The number of morpholine rings is 1. The second-order valence-electron chi connectivity index (χ2n) is 5.58. The maximum atomic E-state index is 10.4. The molecule has 2 saturated heterocycles. The Labute approximate surface area is 105 Å². The maximum absolute atomic E-state index is 10.4. The first-order chi connectivity index (χ1) is 8.08. The molecular formula is C13H26N2O2. The third-order valence-corrected chi connectivity index (χ3v) is 4.49. The van der Waals surface area contributed by atoms with Crippen LogP contribution in [0.5, 0.6) is 0 Å². The minimum atomic E-state index is -0.522. The molecule has 2 heterocycles. The van der Waals surface area contributed by atoms with Gasteiger partial charge in [0, 0.05) is 32.2 Å². The van der Waals surface area contributed by atoms with E-state index in [1.54, 1.807) is 0 Å². The predicted octanol–water partition coefficient (Wildman–Crippen LogP) is 0.552. The Bertz CT molecular complexity index is 256. The van der Waals surface area contributed by atoms with Crippen LogP contribution in [0.15, 0.2) is 0 Å². The number of likely N-dealkylation sites (tertiary alicyclic amines) is 1. The highest BCUT2D eigenvalue weighted by Gasteiger charge is 2.40. The summed E-state index contributed by atoms with van der Waals surface area (Å²) in [5.74, 6) is 0. The number of likely N-dealkylation sites (N-methyl/N-ethyl adjacent to an activating group) is 1. The second-order valence-corrected chi connectivity index (χ2v) is 5.58. The number of nitrogens with zero attached hydrogens (tertiary/aromatic N) is 2. The topological polar surface area (TPSA) is 35.9 Å². The number of fused-ring (bicyclic) bond motifs is 1. The van der Waals surface area contributed by atoms with Crippen molar-refractivity contribution >= 4 is 0 Å². The van der Waals surface area contributed by atoms with Crippen LogP contribution in [0, 0.1) is 0 Å². The maximum Gasteiger partial charge on any atom is 0.0869 e. The molecule has 0 amide bonds. The van der Waals surface area contributed by atoms with Gasteiger partial charge in [-0.25, -0.2) is 0 Å². The van der Waals surface area contributed by atoms with Crippen LogP contribution in [0.4, 0.5) is 0 Å². The minimum absolute atomic E-state index is 0.340. The summed E-state index contributed by atoms with van der Waals surface area (Å²) in [7, 11) is 2.18. The largest absolute Gasteiger partial charge is 0.389 e. The molecule has 2 aliphatic rings. The summed E-state index contributed by atoms with van der Waals surface area (Å²) in [4.78, 5) is 4.76. The third kappa shape index (κ3) is 2.81. The van der Waals surface area contributed by atoms with E-state index in [4.69, 9.17) is 4.74 Å². The molecule has 0 aromatic carbocycles. The molecule has 0 bridgehead atoms. The molecule has 2 unspecified atom stereocenters. The van der Waals surface area contributed by atoms with E-state index < -0.39 is 5.60 Å². The van der Waals surface area contributed by atoms with E-state index >= 15 is 0 Å². The van der Waals surface area contributed by atoms with E-state index in [0.29, 0.717) is 12.1 Å². The fourth-order valence-corrected chi connectivity index (χ4v) is 2.95. The van der Waals surface area contributed by atoms with Crippen LogP contribution in [0.2, 0.25) is 0 Å². The molecule has 0 aromatic rings. The van der Waals surface area contributed by atoms with Crippen LogP contribution in [0.1, 0.15) is 26.7 Å². The van der Waals surface area contributed by atoms with Crippen LogP contribution < -0.4 is 0 Å². The predicted molar refractivity (Wildman–Crippen MR) is 68.1 cm³/mol. The zero-order chi connectivity index (χ0) is 12.5. The number of hydrogen-bond donors (Lipinski definition) is 1. The van der Waals surface area contributed by atoms with Gasteiger partial charge in [-0.2, -0.15) is 0 Å². The van der Waals surface area contributed by atoms with Gasteiger partial charge in [0.2, 0.25) is 0 Å². The van der Waals surface area contributed by atoms with Gasteiger partial charge < -0.3 is 9.84 Å². The van der Waals surface area contributed by atoms with E-state index in [9.17, 15) is 5.11 Å². The molecule has 17 heavy (non-hydrogen) atoms. The molecule has 0 spiro atoms. The highest BCUT2D eigenvalue weighted by Crippen LogP contribution is 2.25. The Kier molecular flexibility index (Phi) is 4.08. The quantitative estimate of drug-likeness (QED) is 0.781. The number of β-amino-alcohol motifs (C(OH)–C–C–N with tert-alkyl or cyclic N) is 1. The van der Waals surface area contributed by atoms with Crippen LogP contribution in [0.25, 0.3) is 0 Å². The second kappa shape index (κ2) is 5.22. The first kappa shape index (κ1) is 13.3. The first-order valence-corrected chi connectivity index (χ1v) is 6.84. The lowest BCUT2D eigenvalue weighted by molar-refractivity contribution is -0.0381. The standard InChI is InChI=1S/C13H26N2O2/c1-4-13(16,5-2)10-15-8-11-12(9-15)17-7-6-14(11)3/h11-12,16H,4-10H2,1-3H3. The summed E-state index contributed by atoms with van der Waals surface area (Å²) >= 11 is 0. The van der Waals surface area contributed by atoms with E-state index in [-0.39, 0.29) is 0 Å². The molecular weight excluding hydrogens is 216 g/mol. The zero-order valence-electron chi connectivity index (χ0n) is 11.4. The van der Waals surface area contributed by atoms with Gasteiger partial charge in [0.05, 0.1) is 18.3 Å². The monoisotopic (exact) mass is 242 g/mol. The van der Waals surface area contributed by atoms with Gasteiger partial charge in [0.1, 0.15) is 0 Å². The highest BCUT2D eigenvalue weighted by molar-refractivity contribution is 4.95. The van der Waals surface area contributed by atoms with Gasteiger partial charge in [-0.1, -0.05) is 13.8 Å². The lowest BCUT2D eigenvalue weighted by Gasteiger charge is -2.33. The van der Waals surface area contributed by atoms with Gasteiger partial charge in [-0.3, -0.25) is 9.80 Å². The van der Waals surface area contributed by atoms with E-state index in [1.807, 2.05) is 0 Å². The van der Waals surface area contributed by atoms with Crippen molar-refractivity contribution in [2.24, 2.45) is 0 Å². The van der Waals surface area contributed by atoms with Crippen molar-refractivity contribution in [1.29, 1.82) is 0 Å². The van der Waals surface area contributed by atoms with Crippen LogP contribution in [-0.4, -0.2) is 72.5 Å². The zero-order valence-corrected chi connectivity index (χ0v) is 11.4. The van der Waals surface area contributed by atoms with E-state index in [1.165, 1.54) is 0 Å². The number of rotatable bonds is 4. The van der Waals surface area contributed by atoms with Crippen molar-refractivity contribution in [3.63, 3.8) is 0 Å². The third-order valence-electron chi connectivity index (χ3n) is 4.49. The smallest absolute Gasteiger partial charge is 0.0869 e. The summed E-state index contributed by atoms with van der Waals surface area (Å²) in [5, 5.41) is 10.4. The van der Waals surface area contributed by atoms with Gasteiger partial charge in [-0.15, -0.1) is 0 Å². The fraction of sp³-hybridized carbons (Fsp3) is 1.00. The Morgan fingerprint density at radius 2 is 2.00 bits per heavy atom. The Morgan fingerprint density at radius 1 is 1.29 bits per heavy atom. The lowest BCUT2D eigenvalue weighted by Crippen LogP contribution is -2.48. The molecule has 0 aliphatic carbocycles. The summed E-state index contributed by atoms with van der Waals surface area (Å²) in [6.45, 7) is 8.79. The van der Waals surface area contributed by atoms with E-state index in [0.717, 1.165) is 45.6 Å². The lowest BCUT2D eigenvalue weighted by atomic mass is 9.97. The van der Waals surface area contributed by atoms with Crippen molar-refractivity contribution in [1.82, 2.24) is 9.80 Å². The SMILES string of the molecule is CCC(O)(CC)CN1CC2OCCN(C)C2C1. The summed E-state index contributed by atoms with van der Waals surface area (Å²) in [5.41, 5.74) is -0.522. The van der Waals surface area contributed by atoms with E-state index in [2.05, 4.69) is 30.7 Å². The van der Waals surface area contributed by atoms with Crippen LogP contribution >= 0.6 is 0 Å². The van der Waals surface area contributed by atoms with Gasteiger partial charge in [-0.05, 0) is 19.9 Å². The highest BCUT2D eigenvalue weighted by atomic mass is 16.5. The minimum Gasteiger partial charge on any atom is -0.389 e. The van der Waals surface area contributed by atoms with Gasteiger partial charge >= 0.3 is 0 Å². The average molecular weight is 242 g/mol. The number of ether oxygens (including phenoxy) is 1. The molecule has 100 valence electrons. The summed E-state index contributed by atoms with van der Waals surface area (Å²) in [6, 6.07) is 0.515. The van der Waals surface area contributed by atoms with Crippen molar-refractivity contribution in [2.45, 2.75) is 44.4 Å². The molecule has 2 fully saturated rings. The molecule has 0 radical (unpaired) electrons. The molecule has 0 saturated carbocycles.